The first kappa shape index (κ1) is 13.6. The minimum atomic E-state index is 0.728. The van der Waals surface area contributed by atoms with Crippen molar-refractivity contribution >= 4 is 27.3 Å². The highest BCUT2D eigenvalue weighted by Crippen LogP contribution is 2.30. The van der Waals surface area contributed by atoms with E-state index in [9.17, 15) is 0 Å². The molecule has 3 heteroatoms. The van der Waals surface area contributed by atoms with E-state index in [1.807, 2.05) is 6.07 Å². The molecule has 1 unspecified atom stereocenters. The van der Waals surface area contributed by atoms with Crippen LogP contribution >= 0.6 is 11.3 Å². The van der Waals surface area contributed by atoms with E-state index in [-0.39, 0.29) is 0 Å². The average Bonchev–Trinajstić information content (AvgIpc) is 3.00. The SMILES string of the molecule is CC1CCC(c2ccc(-c3nc4ccccc4s3)cc2)=NC1. The number of para-hydroxylation sites is 1. The van der Waals surface area contributed by atoms with Gasteiger partial charge in [-0.2, -0.15) is 0 Å². The first-order chi connectivity index (χ1) is 10.8. The lowest BCUT2D eigenvalue weighted by atomic mass is 9.95. The van der Waals surface area contributed by atoms with Crippen LogP contribution < -0.4 is 0 Å². The van der Waals surface area contributed by atoms with Gasteiger partial charge in [0.2, 0.25) is 0 Å². The minimum absolute atomic E-state index is 0.728. The zero-order chi connectivity index (χ0) is 14.9. The second kappa shape index (κ2) is 5.65. The molecule has 1 atom stereocenters. The Balaban J connectivity index is 1.64. The van der Waals surface area contributed by atoms with Gasteiger partial charge in [0, 0.05) is 17.8 Å². The number of nitrogens with zero attached hydrogens (tertiary/aromatic N) is 2. The first-order valence-corrected chi connectivity index (χ1v) is 8.61. The molecule has 1 aromatic heterocycles. The van der Waals surface area contributed by atoms with Crippen molar-refractivity contribution in [1.29, 1.82) is 0 Å². The van der Waals surface area contributed by atoms with Crippen LogP contribution in [0.5, 0.6) is 0 Å². The molecule has 0 saturated carbocycles. The Bertz CT molecular complexity index is 797. The van der Waals surface area contributed by atoms with E-state index in [0.29, 0.717) is 0 Å². The predicted octanol–water partition coefficient (Wildman–Crippen LogP) is 5.18. The summed E-state index contributed by atoms with van der Waals surface area (Å²) >= 11 is 1.75. The number of thiazole rings is 1. The molecule has 0 spiro atoms. The second-order valence-corrected chi connectivity index (χ2v) is 7.03. The van der Waals surface area contributed by atoms with Crippen LogP contribution in [0.3, 0.4) is 0 Å². The quantitative estimate of drug-likeness (QED) is 0.640. The minimum Gasteiger partial charge on any atom is -0.289 e. The van der Waals surface area contributed by atoms with E-state index in [1.54, 1.807) is 11.3 Å². The van der Waals surface area contributed by atoms with Crippen LogP contribution in [-0.4, -0.2) is 17.2 Å². The van der Waals surface area contributed by atoms with Gasteiger partial charge in [-0.25, -0.2) is 4.98 Å². The van der Waals surface area contributed by atoms with Crippen molar-refractivity contribution in [3.8, 4) is 10.6 Å². The Hall–Kier alpha value is -2.00. The van der Waals surface area contributed by atoms with E-state index >= 15 is 0 Å². The van der Waals surface area contributed by atoms with Crippen LogP contribution in [0.4, 0.5) is 0 Å². The van der Waals surface area contributed by atoms with Gasteiger partial charge in [0.05, 0.1) is 10.2 Å². The van der Waals surface area contributed by atoms with Crippen LogP contribution in [0.1, 0.15) is 25.3 Å². The number of benzene rings is 2. The number of aliphatic imine (C=N–C) groups is 1. The normalized spacial score (nSPS) is 18.4. The maximum atomic E-state index is 4.72. The van der Waals surface area contributed by atoms with E-state index in [4.69, 9.17) is 9.98 Å². The summed E-state index contributed by atoms with van der Waals surface area (Å²) in [4.78, 5) is 9.44. The van der Waals surface area contributed by atoms with Crippen molar-refractivity contribution < 1.29 is 0 Å². The lowest BCUT2D eigenvalue weighted by Crippen LogP contribution is -2.14. The van der Waals surface area contributed by atoms with E-state index in [1.165, 1.54) is 28.0 Å². The molecular weight excluding hydrogens is 288 g/mol. The van der Waals surface area contributed by atoms with Crippen LogP contribution in [-0.2, 0) is 0 Å². The van der Waals surface area contributed by atoms with Gasteiger partial charge >= 0.3 is 0 Å². The Morgan fingerprint density at radius 1 is 1.00 bits per heavy atom. The fourth-order valence-electron chi connectivity index (χ4n) is 2.86. The Morgan fingerprint density at radius 3 is 2.50 bits per heavy atom. The predicted molar refractivity (Wildman–Crippen MR) is 94.9 cm³/mol. The van der Waals surface area contributed by atoms with Crippen LogP contribution in [0, 0.1) is 5.92 Å². The monoisotopic (exact) mass is 306 g/mol. The molecule has 2 nitrogen and oxygen atoms in total. The van der Waals surface area contributed by atoms with Crippen LogP contribution in [0.25, 0.3) is 20.8 Å². The summed E-state index contributed by atoms with van der Waals surface area (Å²) < 4.78 is 1.24. The zero-order valence-corrected chi connectivity index (χ0v) is 13.4. The van der Waals surface area contributed by atoms with Gasteiger partial charge in [-0.05, 0) is 36.5 Å². The van der Waals surface area contributed by atoms with Crippen molar-refractivity contribution in [3.63, 3.8) is 0 Å². The summed E-state index contributed by atoms with van der Waals surface area (Å²) in [5.74, 6) is 0.728. The first-order valence-electron chi connectivity index (χ1n) is 7.79. The summed E-state index contributed by atoms with van der Waals surface area (Å²) in [5.41, 5.74) is 4.79. The zero-order valence-electron chi connectivity index (χ0n) is 12.6. The Kier molecular flexibility index (Phi) is 3.51. The fourth-order valence-corrected chi connectivity index (χ4v) is 3.83. The van der Waals surface area contributed by atoms with Gasteiger partial charge in [-0.1, -0.05) is 43.3 Å². The summed E-state index contributed by atoms with van der Waals surface area (Å²) in [7, 11) is 0. The standard InChI is InChI=1S/C19H18N2S/c1-13-6-11-16(20-12-13)14-7-9-15(10-8-14)19-21-17-4-2-3-5-18(17)22-19/h2-5,7-10,13H,6,11-12H2,1H3. The van der Waals surface area contributed by atoms with Crippen LogP contribution in [0.15, 0.2) is 53.5 Å². The number of rotatable bonds is 2. The van der Waals surface area contributed by atoms with Crippen molar-refractivity contribution in [2.24, 2.45) is 10.9 Å². The van der Waals surface area contributed by atoms with E-state index < -0.39 is 0 Å². The molecule has 1 aliphatic rings. The van der Waals surface area contributed by atoms with Gasteiger partial charge < -0.3 is 0 Å². The molecule has 0 fully saturated rings. The summed E-state index contributed by atoms with van der Waals surface area (Å²) in [5, 5.41) is 1.09. The Morgan fingerprint density at radius 2 is 1.77 bits per heavy atom. The molecule has 0 bridgehead atoms. The van der Waals surface area contributed by atoms with Gasteiger partial charge in [0.15, 0.2) is 0 Å². The molecule has 22 heavy (non-hydrogen) atoms. The lowest BCUT2D eigenvalue weighted by Gasteiger charge is -2.17. The molecule has 1 aliphatic heterocycles. The molecule has 4 rings (SSSR count). The second-order valence-electron chi connectivity index (χ2n) is 6.00. The number of aromatic nitrogens is 1. The number of hydrogen-bond acceptors (Lipinski definition) is 3. The molecule has 0 amide bonds. The van der Waals surface area contributed by atoms with Gasteiger partial charge in [0.25, 0.3) is 0 Å². The van der Waals surface area contributed by atoms with Crippen molar-refractivity contribution in [2.45, 2.75) is 19.8 Å². The van der Waals surface area contributed by atoms with Gasteiger partial charge in [-0.15, -0.1) is 11.3 Å². The molecule has 2 aromatic carbocycles. The van der Waals surface area contributed by atoms with Crippen LogP contribution in [0.2, 0.25) is 0 Å². The van der Waals surface area contributed by atoms with Crippen molar-refractivity contribution in [1.82, 2.24) is 4.98 Å². The van der Waals surface area contributed by atoms with Gasteiger partial charge in [0.1, 0.15) is 5.01 Å². The molecule has 0 N–H and O–H groups in total. The third kappa shape index (κ3) is 2.57. The highest BCUT2D eigenvalue weighted by molar-refractivity contribution is 7.21. The third-order valence-corrected chi connectivity index (χ3v) is 5.31. The van der Waals surface area contributed by atoms with Crippen molar-refractivity contribution in [2.75, 3.05) is 6.54 Å². The van der Waals surface area contributed by atoms with Crippen molar-refractivity contribution in [3.05, 3.63) is 54.1 Å². The maximum Gasteiger partial charge on any atom is 0.124 e. The molecule has 2 heterocycles. The highest BCUT2D eigenvalue weighted by Gasteiger charge is 2.13. The fraction of sp³-hybridized carbons (Fsp3) is 0.263. The molecule has 0 saturated heterocycles. The largest absolute Gasteiger partial charge is 0.289 e. The molecular formula is C19H18N2S. The topological polar surface area (TPSA) is 25.2 Å². The maximum absolute atomic E-state index is 4.72. The molecule has 3 aromatic rings. The molecule has 0 radical (unpaired) electrons. The Labute approximate surface area is 134 Å². The molecule has 0 aliphatic carbocycles. The average molecular weight is 306 g/mol. The summed E-state index contributed by atoms with van der Waals surface area (Å²) in [6, 6.07) is 17.0. The smallest absolute Gasteiger partial charge is 0.124 e. The number of hydrogen-bond donors (Lipinski definition) is 0. The van der Waals surface area contributed by atoms with Gasteiger partial charge in [-0.3, -0.25) is 4.99 Å². The highest BCUT2D eigenvalue weighted by atomic mass is 32.1. The molecule has 110 valence electrons. The summed E-state index contributed by atoms with van der Waals surface area (Å²) in [6.45, 7) is 3.24. The summed E-state index contributed by atoms with van der Waals surface area (Å²) in [6.07, 6.45) is 2.35. The number of fused-ring (bicyclic) bond motifs is 1. The van der Waals surface area contributed by atoms with E-state index in [2.05, 4.69) is 49.4 Å². The third-order valence-electron chi connectivity index (χ3n) is 4.23. The lowest BCUT2D eigenvalue weighted by molar-refractivity contribution is 0.538. The van der Waals surface area contributed by atoms with E-state index in [0.717, 1.165) is 29.4 Å².